The first kappa shape index (κ1) is 17.5. The highest BCUT2D eigenvalue weighted by Gasteiger charge is 2.16. The number of hydrogen-bond acceptors (Lipinski definition) is 3. The standard InChI is InChI=1S/C17H29N3O/c1-4-7-13-20(14-8-5-2)17(21)15-10-9-11-16(19-15)18-12-6-3/h9-11H,4-8,12-14H2,1-3H3,(H,18,19). The molecule has 1 aromatic rings. The fourth-order valence-electron chi connectivity index (χ4n) is 2.08. The van der Waals surface area contributed by atoms with Crippen molar-refractivity contribution in [1.29, 1.82) is 0 Å². The van der Waals surface area contributed by atoms with Crippen LogP contribution in [-0.2, 0) is 0 Å². The van der Waals surface area contributed by atoms with Crippen LogP contribution in [0.5, 0.6) is 0 Å². The van der Waals surface area contributed by atoms with Crippen molar-refractivity contribution < 1.29 is 4.79 Å². The predicted octanol–water partition coefficient (Wildman–Crippen LogP) is 3.95. The largest absolute Gasteiger partial charge is 0.370 e. The zero-order valence-corrected chi connectivity index (χ0v) is 13.7. The van der Waals surface area contributed by atoms with Crippen molar-refractivity contribution in [2.24, 2.45) is 0 Å². The van der Waals surface area contributed by atoms with Crippen LogP contribution in [0.4, 0.5) is 5.82 Å². The first-order valence-electron chi connectivity index (χ1n) is 8.23. The summed E-state index contributed by atoms with van der Waals surface area (Å²) >= 11 is 0. The van der Waals surface area contributed by atoms with E-state index in [1.54, 1.807) is 0 Å². The molecule has 0 aromatic carbocycles. The van der Waals surface area contributed by atoms with Gasteiger partial charge in [-0.05, 0) is 31.4 Å². The number of hydrogen-bond donors (Lipinski definition) is 1. The van der Waals surface area contributed by atoms with E-state index in [2.05, 4.69) is 31.1 Å². The summed E-state index contributed by atoms with van der Waals surface area (Å²) in [6, 6.07) is 5.62. The summed E-state index contributed by atoms with van der Waals surface area (Å²) in [6.45, 7) is 8.93. The van der Waals surface area contributed by atoms with Gasteiger partial charge in [-0.1, -0.05) is 39.7 Å². The fourth-order valence-corrected chi connectivity index (χ4v) is 2.08. The maximum Gasteiger partial charge on any atom is 0.272 e. The Bertz CT molecular complexity index is 412. The number of unbranched alkanes of at least 4 members (excludes halogenated alkanes) is 2. The second-order valence-corrected chi connectivity index (χ2v) is 5.33. The second-order valence-electron chi connectivity index (χ2n) is 5.33. The van der Waals surface area contributed by atoms with Crippen LogP contribution < -0.4 is 5.32 Å². The second kappa shape index (κ2) is 10.2. The van der Waals surface area contributed by atoms with Gasteiger partial charge in [0.15, 0.2) is 0 Å². The van der Waals surface area contributed by atoms with Gasteiger partial charge in [0.1, 0.15) is 11.5 Å². The topological polar surface area (TPSA) is 45.2 Å². The molecule has 1 amide bonds. The van der Waals surface area contributed by atoms with Crippen LogP contribution in [0.25, 0.3) is 0 Å². The number of amides is 1. The Morgan fingerprint density at radius 3 is 2.33 bits per heavy atom. The molecule has 1 heterocycles. The lowest BCUT2D eigenvalue weighted by molar-refractivity contribution is 0.0745. The fraction of sp³-hybridized carbons (Fsp3) is 0.647. The summed E-state index contributed by atoms with van der Waals surface area (Å²) in [6.07, 6.45) is 5.33. The minimum absolute atomic E-state index is 0.0528. The van der Waals surface area contributed by atoms with Crippen molar-refractivity contribution in [2.45, 2.75) is 52.9 Å². The minimum Gasteiger partial charge on any atom is -0.370 e. The first-order valence-corrected chi connectivity index (χ1v) is 8.23. The van der Waals surface area contributed by atoms with Crippen LogP contribution in [0, 0.1) is 0 Å². The van der Waals surface area contributed by atoms with E-state index >= 15 is 0 Å². The molecule has 0 aliphatic heterocycles. The van der Waals surface area contributed by atoms with E-state index in [-0.39, 0.29) is 5.91 Å². The number of carbonyl (C=O) groups excluding carboxylic acids is 1. The normalized spacial score (nSPS) is 10.4. The molecule has 1 rings (SSSR count). The Kier molecular flexibility index (Phi) is 8.48. The number of nitrogens with zero attached hydrogens (tertiary/aromatic N) is 2. The van der Waals surface area contributed by atoms with Gasteiger partial charge in [-0.3, -0.25) is 4.79 Å². The van der Waals surface area contributed by atoms with Gasteiger partial charge in [0.05, 0.1) is 0 Å². The molecule has 0 bridgehead atoms. The smallest absolute Gasteiger partial charge is 0.272 e. The summed E-state index contributed by atoms with van der Waals surface area (Å²) in [5.41, 5.74) is 0.545. The lowest BCUT2D eigenvalue weighted by Gasteiger charge is -2.22. The van der Waals surface area contributed by atoms with Gasteiger partial charge >= 0.3 is 0 Å². The van der Waals surface area contributed by atoms with E-state index in [0.717, 1.165) is 57.6 Å². The maximum absolute atomic E-state index is 12.6. The van der Waals surface area contributed by atoms with Crippen molar-refractivity contribution in [2.75, 3.05) is 25.0 Å². The Labute approximate surface area is 129 Å². The van der Waals surface area contributed by atoms with Crippen LogP contribution in [0.2, 0.25) is 0 Å². The lowest BCUT2D eigenvalue weighted by atomic mass is 10.2. The molecule has 0 unspecified atom stereocenters. The zero-order valence-electron chi connectivity index (χ0n) is 13.7. The molecule has 118 valence electrons. The molecule has 1 aromatic heterocycles. The average Bonchev–Trinajstić information content (AvgIpc) is 2.53. The van der Waals surface area contributed by atoms with Gasteiger partial charge in [-0.25, -0.2) is 4.98 Å². The third-order valence-electron chi connectivity index (χ3n) is 3.37. The van der Waals surface area contributed by atoms with Crippen LogP contribution >= 0.6 is 0 Å². The van der Waals surface area contributed by atoms with E-state index in [4.69, 9.17) is 0 Å². The number of rotatable bonds is 10. The molecule has 0 fully saturated rings. The summed E-state index contributed by atoms with van der Waals surface area (Å²) in [4.78, 5) is 19.0. The van der Waals surface area contributed by atoms with Crippen LogP contribution in [0.1, 0.15) is 63.4 Å². The molecule has 1 N–H and O–H groups in total. The average molecular weight is 291 g/mol. The van der Waals surface area contributed by atoms with Crippen molar-refractivity contribution in [3.05, 3.63) is 23.9 Å². The number of pyridine rings is 1. The molecule has 21 heavy (non-hydrogen) atoms. The molecule has 4 nitrogen and oxygen atoms in total. The van der Waals surface area contributed by atoms with Gasteiger partial charge in [-0.2, -0.15) is 0 Å². The Morgan fingerprint density at radius 1 is 1.10 bits per heavy atom. The number of nitrogens with one attached hydrogen (secondary N) is 1. The van der Waals surface area contributed by atoms with Crippen LogP contribution in [0.15, 0.2) is 18.2 Å². The molecular weight excluding hydrogens is 262 g/mol. The number of anilines is 1. The predicted molar refractivity (Wildman–Crippen MR) is 88.7 cm³/mol. The van der Waals surface area contributed by atoms with Gasteiger partial charge in [-0.15, -0.1) is 0 Å². The SMILES string of the molecule is CCCCN(CCCC)C(=O)c1cccc(NCCC)n1. The minimum atomic E-state index is 0.0528. The first-order chi connectivity index (χ1) is 10.2. The summed E-state index contributed by atoms with van der Waals surface area (Å²) in [5.74, 6) is 0.839. The van der Waals surface area contributed by atoms with Crippen LogP contribution in [0.3, 0.4) is 0 Å². The maximum atomic E-state index is 12.6. The van der Waals surface area contributed by atoms with E-state index < -0.39 is 0 Å². The zero-order chi connectivity index (χ0) is 15.5. The number of carbonyl (C=O) groups is 1. The Hall–Kier alpha value is -1.58. The molecule has 0 saturated heterocycles. The van der Waals surface area contributed by atoms with E-state index in [0.29, 0.717) is 5.69 Å². The highest BCUT2D eigenvalue weighted by molar-refractivity contribution is 5.92. The Morgan fingerprint density at radius 2 is 1.76 bits per heavy atom. The molecular formula is C17H29N3O. The summed E-state index contributed by atoms with van der Waals surface area (Å²) in [5, 5.41) is 3.23. The van der Waals surface area contributed by atoms with Gasteiger partial charge < -0.3 is 10.2 Å². The van der Waals surface area contributed by atoms with Crippen molar-refractivity contribution in [3.8, 4) is 0 Å². The third-order valence-corrected chi connectivity index (χ3v) is 3.37. The van der Waals surface area contributed by atoms with Crippen LogP contribution in [-0.4, -0.2) is 35.4 Å². The lowest BCUT2D eigenvalue weighted by Crippen LogP contribution is -2.33. The van der Waals surface area contributed by atoms with Crippen molar-refractivity contribution >= 4 is 11.7 Å². The van der Waals surface area contributed by atoms with Crippen molar-refractivity contribution in [1.82, 2.24) is 9.88 Å². The van der Waals surface area contributed by atoms with E-state index in [9.17, 15) is 4.79 Å². The Balaban J connectivity index is 2.76. The van der Waals surface area contributed by atoms with E-state index in [1.165, 1.54) is 0 Å². The summed E-state index contributed by atoms with van der Waals surface area (Å²) in [7, 11) is 0. The quantitative estimate of drug-likeness (QED) is 0.710. The monoisotopic (exact) mass is 291 g/mol. The highest BCUT2D eigenvalue weighted by Crippen LogP contribution is 2.10. The van der Waals surface area contributed by atoms with Gasteiger partial charge in [0.25, 0.3) is 5.91 Å². The molecule has 0 aliphatic carbocycles. The molecule has 0 atom stereocenters. The molecule has 0 aliphatic rings. The molecule has 0 spiro atoms. The number of aromatic nitrogens is 1. The van der Waals surface area contributed by atoms with Crippen molar-refractivity contribution in [3.63, 3.8) is 0 Å². The molecule has 0 radical (unpaired) electrons. The van der Waals surface area contributed by atoms with E-state index in [1.807, 2.05) is 23.1 Å². The molecule has 4 heteroatoms. The third kappa shape index (κ3) is 6.15. The highest BCUT2D eigenvalue weighted by atomic mass is 16.2. The molecule has 0 saturated carbocycles. The van der Waals surface area contributed by atoms with Gasteiger partial charge in [0.2, 0.25) is 0 Å². The summed E-state index contributed by atoms with van der Waals surface area (Å²) < 4.78 is 0. The van der Waals surface area contributed by atoms with Gasteiger partial charge in [0, 0.05) is 19.6 Å².